The Bertz CT molecular complexity index is 840. The molecule has 0 unspecified atom stereocenters. The lowest BCUT2D eigenvalue weighted by molar-refractivity contribution is -0.124. The van der Waals surface area contributed by atoms with Crippen LogP contribution in [-0.4, -0.2) is 52.6 Å². The van der Waals surface area contributed by atoms with Crippen LogP contribution in [0.25, 0.3) is 0 Å². The van der Waals surface area contributed by atoms with E-state index < -0.39 is 0 Å². The summed E-state index contributed by atoms with van der Waals surface area (Å²) < 4.78 is 5.42. The lowest BCUT2D eigenvalue weighted by atomic mass is 10.0. The van der Waals surface area contributed by atoms with Gasteiger partial charge in [0.15, 0.2) is 6.61 Å². The Labute approximate surface area is 160 Å². The molecule has 2 heterocycles. The molecule has 1 aliphatic rings. The number of ether oxygens (including phenoxy) is 1. The fourth-order valence-electron chi connectivity index (χ4n) is 2.80. The number of nitrogens with one attached hydrogen (secondary N) is 2. The Morgan fingerprint density at radius 2 is 1.89 bits per heavy atom. The number of aromatic nitrogens is 2. The number of hydrogen-bond acceptors (Lipinski definition) is 5. The summed E-state index contributed by atoms with van der Waals surface area (Å²) in [6, 6.07) is 9.45. The summed E-state index contributed by atoms with van der Waals surface area (Å²) in [5.74, 6) is 0.127. The maximum absolute atomic E-state index is 12.3. The SMILES string of the molecule is O=C(COc1ccc(Cl)cc1)NC1CCN(C(=O)c2ccc(=O)[nH]n2)CC1. The molecule has 0 radical (unpaired) electrons. The fourth-order valence-corrected chi connectivity index (χ4v) is 2.93. The van der Waals surface area contributed by atoms with Crippen LogP contribution in [-0.2, 0) is 4.79 Å². The number of carbonyl (C=O) groups is 2. The number of halogens is 1. The zero-order chi connectivity index (χ0) is 19.2. The summed E-state index contributed by atoms with van der Waals surface area (Å²) >= 11 is 5.80. The first-order valence-electron chi connectivity index (χ1n) is 8.54. The minimum absolute atomic E-state index is 0.0149. The van der Waals surface area contributed by atoms with Gasteiger partial charge >= 0.3 is 0 Å². The summed E-state index contributed by atoms with van der Waals surface area (Å²) in [7, 11) is 0. The quantitative estimate of drug-likeness (QED) is 0.798. The van der Waals surface area contributed by atoms with Crippen molar-refractivity contribution in [3.05, 3.63) is 57.5 Å². The second-order valence-corrected chi connectivity index (χ2v) is 6.62. The molecule has 0 saturated carbocycles. The number of carbonyl (C=O) groups excluding carboxylic acids is 2. The van der Waals surface area contributed by atoms with Crippen LogP contribution < -0.4 is 15.6 Å². The molecule has 1 aromatic carbocycles. The van der Waals surface area contributed by atoms with Gasteiger partial charge in [0, 0.05) is 30.2 Å². The average molecular weight is 391 g/mol. The van der Waals surface area contributed by atoms with E-state index in [1.165, 1.54) is 12.1 Å². The van der Waals surface area contributed by atoms with Crippen molar-refractivity contribution in [1.82, 2.24) is 20.4 Å². The molecule has 1 saturated heterocycles. The predicted molar refractivity (Wildman–Crippen MR) is 98.9 cm³/mol. The smallest absolute Gasteiger partial charge is 0.274 e. The topological polar surface area (TPSA) is 104 Å². The van der Waals surface area contributed by atoms with E-state index in [1.807, 2.05) is 0 Å². The fraction of sp³-hybridized carbons (Fsp3) is 0.333. The van der Waals surface area contributed by atoms with Gasteiger partial charge in [0.2, 0.25) is 0 Å². The van der Waals surface area contributed by atoms with Gasteiger partial charge in [-0.15, -0.1) is 0 Å². The van der Waals surface area contributed by atoms with Gasteiger partial charge in [0.1, 0.15) is 11.4 Å². The van der Waals surface area contributed by atoms with Crippen molar-refractivity contribution in [2.24, 2.45) is 0 Å². The number of hydrogen-bond donors (Lipinski definition) is 2. The molecule has 2 N–H and O–H groups in total. The van der Waals surface area contributed by atoms with E-state index in [9.17, 15) is 14.4 Å². The van der Waals surface area contributed by atoms with Crippen LogP contribution >= 0.6 is 11.6 Å². The van der Waals surface area contributed by atoms with E-state index in [1.54, 1.807) is 29.2 Å². The molecule has 1 aliphatic heterocycles. The number of H-pyrrole nitrogens is 1. The summed E-state index contributed by atoms with van der Waals surface area (Å²) in [4.78, 5) is 37.1. The molecule has 3 rings (SSSR count). The molecule has 2 aromatic rings. The average Bonchev–Trinajstić information content (AvgIpc) is 2.68. The van der Waals surface area contributed by atoms with E-state index >= 15 is 0 Å². The van der Waals surface area contributed by atoms with Crippen LogP contribution in [0.1, 0.15) is 23.3 Å². The van der Waals surface area contributed by atoms with E-state index in [0.29, 0.717) is 36.7 Å². The molecular formula is C18H19ClN4O4. The number of aromatic amines is 1. The second kappa shape index (κ2) is 8.68. The zero-order valence-electron chi connectivity index (χ0n) is 14.5. The van der Waals surface area contributed by atoms with Crippen LogP contribution in [0.2, 0.25) is 5.02 Å². The van der Waals surface area contributed by atoms with Crippen molar-refractivity contribution in [2.45, 2.75) is 18.9 Å². The van der Waals surface area contributed by atoms with Crippen molar-refractivity contribution in [3.8, 4) is 5.75 Å². The molecule has 1 aromatic heterocycles. The molecule has 9 heteroatoms. The minimum Gasteiger partial charge on any atom is -0.484 e. The van der Waals surface area contributed by atoms with Gasteiger partial charge in [0.05, 0.1) is 0 Å². The summed E-state index contributed by atoms with van der Waals surface area (Å²) in [5.41, 5.74) is -0.151. The van der Waals surface area contributed by atoms with Gasteiger partial charge in [-0.1, -0.05) is 11.6 Å². The van der Waals surface area contributed by atoms with E-state index in [2.05, 4.69) is 15.5 Å². The van der Waals surface area contributed by atoms with Crippen molar-refractivity contribution in [3.63, 3.8) is 0 Å². The van der Waals surface area contributed by atoms with E-state index in [-0.39, 0.29) is 35.7 Å². The third-order valence-electron chi connectivity index (χ3n) is 4.23. The van der Waals surface area contributed by atoms with Crippen molar-refractivity contribution in [2.75, 3.05) is 19.7 Å². The first-order valence-corrected chi connectivity index (χ1v) is 8.92. The lowest BCUT2D eigenvalue weighted by Gasteiger charge is -2.32. The Balaban J connectivity index is 1.42. The summed E-state index contributed by atoms with van der Waals surface area (Å²) in [6.45, 7) is 0.924. The van der Waals surface area contributed by atoms with Gasteiger partial charge in [-0.05, 0) is 43.2 Å². The number of amides is 2. The highest BCUT2D eigenvalue weighted by atomic mass is 35.5. The van der Waals surface area contributed by atoms with E-state index in [0.717, 1.165) is 0 Å². The standard InChI is InChI=1S/C18H19ClN4O4/c19-12-1-3-14(4-2-12)27-11-17(25)20-13-7-9-23(10-8-13)18(26)15-5-6-16(24)22-21-15/h1-6,13H,7-11H2,(H,20,25)(H,22,24). The molecule has 1 fully saturated rings. The summed E-state index contributed by atoms with van der Waals surface area (Å²) in [5, 5.41) is 9.53. The molecular weight excluding hydrogens is 372 g/mol. The van der Waals surface area contributed by atoms with Crippen LogP contribution in [0.15, 0.2) is 41.2 Å². The Morgan fingerprint density at radius 1 is 1.19 bits per heavy atom. The number of rotatable bonds is 5. The Hall–Kier alpha value is -2.87. The van der Waals surface area contributed by atoms with Gasteiger partial charge in [-0.3, -0.25) is 14.4 Å². The first kappa shape index (κ1) is 18.9. The number of piperidine rings is 1. The van der Waals surface area contributed by atoms with Gasteiger partial charge in [-0.25, -0.2) is 5.10 Å². The van der Waals surface area contributed by atoms with E-state index in [4.69, 9.17) is 16.3 Å². The molecule has 0 aliphatic carbocycles. The molecule has 27 heavy (non-hydrogen) atoms. The van der Waals surface area contributed by atoms with Crippen LogP contribution in [0.3, 0.4) is 0 Å². The summed E-state index contributed by atoms with van der Waals surface area (Å²) in [6.07, 6.45) is 1.28. The normalized spacial score (nSPS) is 14.6. The molecule has 0 bridgehead atoms. The Kier molecular flexibility index (Phi) is 6.08. The lowest BCUT2D eigenvalue weighted by Crippen LogP contribution is -2.47. The van der Waals surface area contributed by atoms with Crippen molar-refractivity contribution < 1.29 is 14.3 Å². The third-order valence-corrected chi connectivity index (χ3v) is 4.48. The largest absolute Gasteiger partial charge is 0.484 e. The second-order valence-electron chi connectivity index (χ2n) is 6.18. The van der Waals surface area contributed by atoms with Gasteiger partial charge in [-0.2, -0.15) is 5.10 Å². The minimum atomic E-state index is -0.353. The highest BCUT2D eigenvalue weighted by Gasteiger charge is 2.25. The van der Waals surface area contributed by atoms with Gasteiger partial charge < -0.3 is 15.0 Å². The highest BCUT2D eigenvalue weighted by Crippen LogP contribution is 2.16. The first-order chi connectivity index (χ1) is 13.0. The molecule has 142 valence electrons. The van der Waals surface area contributed by atoms with Crippen molar-refractivity contribution in [1.29, 1.82) is 0 Å². The van der Waals surface area contributed by atoms with Crippen LogP contribution in [0.5, 0.6) is 5.75 Å². The number of benzene rings is 1. The molecule has 0 atom stereocenters. The van der Waals surface area contributed by atoms with Gasteiger partial charge in [0.25, 0.3) is 17.4 Å². The number of likely N-dealkylation sites (tertiary alicyclic amines) is 1. The molecule has 8 nitrogen and oxygen atoms in total. The maximum Gasteiger partial charge on any atom is 0.274 e. The Morgan fingerprint density at radius 3 is 2.52 bits per heavy atom. The highest BCUT2D eigenvalue weighted by molar-refractivity contribution is 6.30. The maximum atomic E-state index is 12.3. The predicted octanol–water partition coefficient (Wildman–Crippen LogP) is 1.22. The number of nitrogens with zero attached hydrogens (tertiary/aromatic N) is 2. The third kappa shape index (κ3) is 5.30. The van der Waals surface area contributed by atoms with Crippen LogP contribution in [0, 0.1) is 0 Å². The van der Waals surface area contributed by atoms with Crippen molar-refractivity contribution >= 4 is 23.4 Å². The zero-order valence-corrected chi connectivity index (χ0v) is 15.2. The molecule has 0 spiro atoms. The van der Waals surface area contributed by atoms with Crippen LogP contribution in [0.4, 0.5) is 0 Å². The monoisotopic (exact) mass is 390 g/mol. The molecule has 2 amide bonds.